The third-order valence-electron chi connectivity index (χ3n) is 4.83. The Labute approximate surface area is 192 Å². The number of hydrogen-bond acceptors (Lipinski definition) is 6. The zero-order valence-corrected chi connectivity index (χ0v) is 19.4. The number of nitrogens with one attached hydrogen (secondary N) is 1. The third kappa shape index (κ3) is 12.3. The molecule has 3 N–H and O–H groups in total. The zero-order chi connectivity index (χ0) is 21.9. The van der Waals surface area contributed by atoms with E-state index in [1.54, 1.807) is 6.66 Å². The van der Waals surface area contributed by atoms with Crippen molar-refractivity contribution in [2.75, 3.05) is 33.0 Å². The summed E-state index contributed by atoms with van der Waals surface area (Å²) in [6.45, 7) is 6.50. The summed E-state index contributed by atoms with van der Waals surface area (Å²) in [6, 6.07) is 0. The maximum atomic E-state index is 11.8. The van der Waals surface area contributed by atoms with Crippen LogP contribution in [0.3, 0.4) is 0 Å². The van der Waals surface area contributed by atoms with E-state index in [2.05, 4.69) is 18.5 Å². The molecular formula is C20H36LiN2O6P. The summed E-state index contributed by atoms with van der Waals surface area (Å²) in [4.78, 5) is 46.1. The van der Waals surface area contributed by atoms with E-state index < -0.39 is 13.3 Å². The molecule has 3 atom stereocenters. The average molecular weight is 438 g/mol. The van der Waals surface area contributed by atoms with Crippen molar-refractivity contribution in [1.29, 1.82) is 0 Å². The van der Waals surface area contributed by atoms with Gasteiger partial charge in [0.25, 0.3) is 0 Å². The molecule has 1 rings (SSSR count). The molecule has 1 fully saturated rings. The molecule has 0 aromatic rings. The standard InChI is InChI=1S/C20H36N2O6P.Li/c1-16-13-19(25)22(20(16)26)12-8-4-5-10-18(24)21-11-7-6-9-17(14-23)15-28-29(2,3)27;/h16-17,23,27H,1-2,4-15H2,3H3,(H,21,24);/q-1;+1. The molecule has 168 valence electrons. The number of rotatable bonds is 15. The van der Waals surface area contributed by atoms with Gasteiger partial charge in [0, 0.05) is 45.1 Å². The van der Waals surface area contributed by atoms with Crippen LogP contribution in [0.15, 0.2) is 0 Å². The molecule has 0 saturated carbocycles. The molecule has 0 aromatic carbocycles. The molecule has 3 unspecified atom stereocenters. The molecule has 1 aliphatic heterocycles. The van der Waals surface area contributed by atoms with Crippen LogP contribution in [0.4, 0.5) is 0 Å². The number of likely N-dealkylation sites (tertiary alicyclic amines) is 1. The van der Waals surface area contributed by atoms with Crippen molar-refractivity contribution in [3.8, 4) is 0 Å². The number of carbonyl (C=O) groups excluding carboxylic acids is 3. The van der Waals surface area contributed by atoms with Crippen molar-refractivity contribution in [1.82, 2.24) is 10.2 Å². The van der Waals surface area contributed by atoms with Crippen molar-refractivity contribution in [3.63, 3.8) is 0 Å². The molecule has 0 spiro atoms. The van der Waals surface area contributed by atoms with Crippen LogP contribution in [0, 0.1) is 18.8 Å². The van der Waals surface area contributed by atoms with Crippen molar-refractivity contribution < 1.29 is 47.8 Å². The Morgan fingerprint density at radius 1 is 1.33 bits per heavy atom. The zero-order valence-electron chi connectivity index (χ0n) is 18.5. The summed E-state index contributed by atoms with van der Waals surface area (Å²) in [6.07, 6.45) is 8.79. The largest absolute Gasteiger partial charge is 1.00 e. The van der Waals surface area contributed by atoms with Crippen LogP contribution in [0.1, 0.15) is 51.4 Å². The first-order chi connectivity index (χ1) is 13.6. The summed E-state index contributed by atoms with van der Waals surface area (Å²) in [5.41, 5.74) is 0. The van der Waals surface area contributed by atoms with Gasteiger partial charge in [0.15, 0.2) is 0 Å². The maximum Gasteiger partial charge on any atom is 1.00 e. The topological polar surface area (TPSA) is 116 Å². The Bertz CT molecular complexity index is 598. The Kier molecular flexibility index (Phi) is 14.9. The number of carbonyl (C=O) groups is 3. The summed E-state index contributed by atoms with van der Waals surface area (Å²) in [5, 5.41) is 12.2. The molecule has 1 heterocycles. The molecule has 0 radical (unpaired) electrons. The van der Waals surface area contributed by atoms with E-state index in [1.165, 1.54) is 4.90 Å². The van der Waals surface area contributed by atoms with Crippen molar-refractivity contribution in [3.05, 3.63) is 6.92 Å². The quantitative estimate of drug-likeness (QED) is 0.0950. The van der Waals surface area contributed by atoms with E-state index in [0.717, 1.165) is 25.7 Å². The van der Waals surface area contributed by atoms with Gasteiger partial charge in [-0.3, -0.25) is 19.3 Å². The van der Waals surface area contributed by atoms with Gasteiger partial charge in [-0.25, -0.2) is 0 Å². The SMILES string of the molecule is C=P(C)(O)OCC(CO)CCCCNC(=O)CCCCCN1C(=O)CC([CH2-])C1=O.[Li+]. The Morgan fingerprint density at radius 3 is 2.60 bits per heavy atom. The molecule has 0 aromatic heterocycles. The van der Waals surface area contributed by atoms with Gasteiger partial charge in [-0.15, -0.1) is 0 Å². The van der Waals surface area contributed by atoms with Gasteiger partial charge in [0.05, 0.1) is 6.61 Å². The minimum Gasteiger partial charge on any atom is -0.396 e. The Morgan fingerprint density at radius 2 is 2.03 bits per heavy atom. The predicted molar refractivity (Wildman–Crippen MR) is 114 cm³/mol. The number of nitrogens with zero attached hydrogens (tertiary/aromatic N) is 1. The fourth-order valence-corrected chi connectivity index (χ4v) is 3.62. The summed E-state index contributed by atoms with van der Waals surface area (Å²) in [5.74, 6) is -0.834. The molecule has 1 aliphatic rings. The fraction of sp³-hybridized carbons (Fsp3) is 0.750. The van der Waals surface area contributed by atoms with E-state index in [1.807, 2.05) is 0 Å². The van der Waals surface area contributed by atoms with Crippen LogP contribution in [-0.2, 0) is 18.9 Å². The summed E-state index contributed by atoms with van der Waals surface area (Å²) < 4.78 is 5.27. The molecule has 0 aliphatic carbocycles. The number of imide groups is 1. The van der Waals surface area contributed by atoms with Gasteiger partial charge in [0.1, 0.15) is 7.34 Å². The number of amides is 3. The number of aliphatic hydroxyl groups excluding tert-OH is 1. The van der Waals surface area contributed by atoms with Crippen LogP contribution in [0.2, 0.25) is 0 Å². The van der Waals surface area contributed by atoms with Gasteiger partial charge >= 0.3 is 18.9 Å². The van der Waals surface area contributed by atoms with E-state index in [4.69, 9.17) is 4.52 Å². The Balaban J connectivity index is 0.00000841. The Hall–Kier alpha value is -0.613. The van der Waals surface area contributed by atoms with Gasteiger partial charge in [-0.1, -0.05) is 25.1 Å². The number of hydrogen-bond donors (Lipinski definition) is 3. The molecule has 0 bridgehead atoms. The first-order valence-electron chi connectivity index (χ1n) is 10.3. The van der Waals surface area contributed by atoms with E-state index in [-0.39, 0.29) is 62.1 Å². The third-order valence-corrected chi connectivity index (χ3v) is 5.54. The smallest absolute Gasteiger partial charge is 0.396 e. The fourth-order valence-electron chi connectivity index (χ4n) is 3.09. The minimum absolute atomic E-state index is 0. The number of aliphatic hydroxyl groups is 1. The van der Waals surface area contributed by atoms with Crippen LogP contribution in [-0.4, -0.2) is 71.9 Å². The molecule has 3 amide bonds. The minimum atomic E-state index is -2.53. The van der Waals surface area contributed by atoms with Gasteiger partial charge < -0.3 is 26.8 Å². The summed E-state index contributed by atoms with van der Waals surface area (Å²) >= 11 is 0. The van der Waals surface area contributed by atoms with Crippen LogP contribution < -0.4 is 24.2 Å². The predicted octanol–water partition coefficient (Wildman–Crippen LogP) is -1.43. The number of unbranched alkanes of at least 4 members (excludes halogenated alkanes) is 3. The van der Waals surface area contributed by atoms with Crippen LogP contribution >= 0.6 is 7.34 Å². The van der Waals surface area contributed by atoms with E-state index >= 15 is 0 Å². The summed E-state index contributed by atoms with van der Waals surface area (Å²) in [7, 11) is -2.53. The van der Waals surface area contributed by atoms with Crippen molar-refractivity contribution in [2.45, 2.75) is 51.4 Å². The normalized spacial score (nSPS) is 19.3. The first kappa shape index (κ1) is 29.4. The van der Waals surface area contributed by atoms with Gasteiger partial charge in [0.2, 0.25) is 17.7 Å². The van der Waals surface area contributed by atoms with Gasteiger partial charge in [-0.05, 0) is 25.7 Å². The van der Waals surface area contributed by atoms with Crippen LogP contribution in [0.5, 0.6) is 0 Å². The monoisotopic (exact) mass is 438 g/mol. The van der Waals surface area contributed by atoms with Crippen molar-refractivity contribution >= 4 is 31.4 Å². The van der Waals surface area contributed by atoms with Crippen molar-refractivity contribution in [2.24, 2.45) is 11.8 Å². The molecule has 30 heavy (non-hydrogen) atoms. The second-order valence-corrected chi connectivity index (χ2v) is 10.2. The average Bonchev–Trinajstić information content (AvgIpc) is 2.88. The first-order valence-corrected chi connectivity index (χ1v) is 12.6. The van der Waals surface area contributed by atoms with Crippen LogP contribution in [0.25, 0.3) is 0 Å². The molecular weight excluding hydrogens is 402 g/mol. The van der Waals surface area contributed by atoms with E-state index in [9.17, 15) is 24.4 Å². The molecule has 8 nitrogen and oxygen atoms in total. The second-order valence-electron chi connectivity index (χ2n) is 7.84. The van der Waals surface area contributed by atoms with Gasteiger partial charge in [-0.2, -0.15) is 0 Å². The van der Waals surface area contributed by atoms with E-state index in [0.29, 0.717) is 32.4 Å². The maximum absolute atomic E-state index is 11.8. The molecule has 10 heteroatoms. The molecule has 1 saturated heterocycles. The second kappa shape index (κ2) is 15.2.